The maximum atomic E-state index is 13.8. The number of rotatable bonds is 6. The Morgan fingerprint density at radius 1 is 1.11 bits per heavy atom. The van der Waals surface area contributed by atoms with Crippen LogP contribution >= 0.6 is 11.6 Å². The van der Waals surface area contributed by atoms with E-state index >= 15 is 0 Å². The van der Waals surface area contributed by atoms with Crippen LogP contribution < -0.4 is 0 Å². The number of aliphatic carboxylic acids is 1. The molecule has 0 radical (unpaired) electrons. The molecule has 5 nitrogen and oxygen atoms in total. The second kappa shape index (κ2) is 9.40. The van der Waals surface area contributed by atoms with Crippen molar-refractivity contribution < 1.29 is 23.4 Å². The summed E-state index contributed by atoms with van der Waals surface area (Å²) in [6.07, 6.45) is 0.536. The summed E-state index contributed by atoms with van der Waals surface area (Å²) in [6, 6.07) is 12.7. The molecule has 2 aromatic carbocycles. The van der Waals surface area contributed by atoms with Gasteiger partial charge in [-0.1, -0.05) is 29.8 Å². The van der Waals surface area contributed by atoms with Gasteiger partial charge in [-0.2, -0.15) is 0 Å². The molecule has 0 bridgehead atoms. The average molecular weight is 499 g/mol. The van der Waals surface area contributed by atoms with Gasteiger partial charge < -0.3 is 14.4 Å². The lowest BCUT2D eigenvalue weighted by atomic mass is 9.92. The number of hydrogen-bond donors (Lipinski definition) is 1. The van der Waals surface area contributed by atoms with Gasteiger partial charge in [-0.15, -0.1) is 0 Å². The van der Waals surface area contributed by atoms with Crippen LogP contribution in [0.4, 0.5) is 8.78 Å². The Kier molecular flexibility index (Phi) is 6.66. The first-order valence-electron chi connectivity index (χ1n) is 11.0. The van der Waals surface area contributed by atoms with E-state index in [1.54, 1.807) is 46.0 Å². The van der Waals surface area contributed by atoms with Crippen molar-refractivity contribution in [1.82, 2.24) is 9.55 Å². The number of nitrogens with zero attached hydrogens (tertiary/aromatic N) is 2. The number of carboxylic acid groups (broad SMARTS) is 1. The molecule has 2 heterocycles. The zero-order valence-corrected chi connectivity index (χ0v) is 20.5. The highest BCUT2D eigenvalue weighted by Crippen LogP contribution is 2.40. The molecule has 1 N–H and O–H groups in total. The number of halogens is 3. The second-order valence-corrected chi connectivity index (χ2v) is 9.81. The van der Waals surface area contributed by atoms with Crippen molar-refractivity contribution in [2.75, 3.05) is 0 Å². The van der Waals surface area contributed by atoms with Crippen LogP contribution in [0.3, 0.4) is 0 Å². The third kappa shape index (κ3) is 5.21. The van der Waals surface area contributed by atoms with E-state index in [0.29, 0.717) is 38.4 Å². The summed E-state index contributed by atoms with van der Waals surface area (Å²) < 4.78 is 35.0. The van der Waals surface area contributed by atoms with Gasteiger partial charge in [0.2, 0.25) is 0 Å². The quantitative estimate of drug-likeness (QED) is 0.313. The number of ether oxygens (including phenoxy) is 1. The van der Waals surface area contributed by atoms with Crippen molar-refractivity contribution in [3.8, 4) is 11.1 Å². The zero-order valence-electron chi connectivity index (χ0n) is 19.8. The first-order valence-corrected chi connectivity index (χ1v) is 11.4. The van der Waals surface area contributed by atoms with Gasteiger partial charge in [-0.25, -0.2) is 18.6 Å². The molecule has 182 valence electrons. The number of fused-ring (bicyclic) bond motifs is 1. The largest absolute Gasteiger partial charge is 0.479 e. The summed E-state index contributed by atoms with van der Waals surface area (Å²) >= 11 is 6.11. The van der Waals surface area contributed by atoms with Crippen molar-refractivity contribution in [1.29, 1.82) is 0 Å². The Bertz CT molecular complexity index is 1410. The minimum absolute atomic E-state index is 0.257. The van der Waals surface area contributed by atoms with Crippen molar-refractivity contribution in [3.63, 3.8) is 0 Å². The smallest absolute Gasteiger partial charge is 0.337 e. The van der Waals surface area contributed by atoms with E-state index in [-0.39, 0.29) is 6.54 Å². The molecular weight excluding hydrogens is 474 g/mol. The van der Waals surface area contributed by atoms with E-state index in [1.807, 2.05) is 22.8 Å². The molecule has 0 aliphatic heterocycles. The molecule has 0 aliphatic carbocycles. The summed E-state index contributed by atoms with van der Waals surface area (Å²) in [5, 5.41) is 11.4. The van der Waals surface area contributed by atoms with Crippen LogP contribution in [0.2, 0.25) is 5.02 Å². The second-order valence-electron chi connectivity index (χ2n) is 9.37. The highest BCUT2D eigenvalue weighted by molar-refractivity contribution is 6.30. The predicted molar refractivity (Wildman–Crippen MR) is 132 cm³/mol. The van der Waals surface area contributed by atoms with Crippen LogP contribution in [0.1, 0.15) is 43.7 Å². The van der Waals surface area contributed by atoms with Crippen molar-refractivity contribution in [3.05, 3.63) is 88.2 Å². The zero-order chi connectivity index (χ0) is 25.5. The molecule has 1 atom stereocenters. The highest BCUT2D eigenvalue weighted by Gasteiger charge is 2.32. The fourth-order valence-corrected chi connectivity index (χ4v) is 4.25. The minimum atomic E-state index is -1.26. The Balaban J connectivity index is 1.95. The number of aryl methyl sites for hydroxylation is 1. The molecule has 0 spiro atoms. The van der Waals surface area contributed by atoms with E-state index in [1.165, 1.54) is 6.07 Å². The molecule has 2 aromatic heterocycles. The summed E-state index contributed by atoms with van der Waals surface area (Å²) in [5.41, 5.74) is 2.80. The lowest BCUT2D eigenvalue weighted by molar-refractivity contribution is -0.160. The third-order valence-electron chi connectivity index (χ3n) is 5.56. The van der Waals surface area contributed by atoms with E-state index in [9.17, 15) is 18.7 Å². The molecule has 0 amide bonds. The number of carboxylic acids is 1. The van der Waals surface area contributed by atoms with Crippen LogP contribution in [0, 0.1) is 18.6 Å². The first kappa shape index (κ1) is 24.8. The van der Waals surface area contributed by atoms with Gasteiger partial charge in [-0.05, 0) is 69.2 Å². The van der Waals surface area contributed by atoms with Crippen LogP contribution in [-0.4, -0.2) is 26.2 Å². The molecule has 0 saturated carbocycles. The summed E-state index contributed by atoms with van der Waals surface area (Å²) in [4.78, 5) is 17.1. The molecule has 35 heavy (non-hydrogen) atoms. The number of carbonyl (C=O) groups is 1. The van der Waals surface area contributed by atoms with E-state index < -0.39 is 29.3 Å². The van der Waals surface area contributed by atoms with Crippen molar-refractivity contribution in [2.45, 2.75) is 45.9 Å². The normalized spacial score (nSPS) is 12.8. The Hall–Kier alpha value is -3.29. The Morgan fingerprint density at radius 2 is 1.80 bits per heavy atom. The lowest BCUT2D eigenvalue weighted by Crippen LogP contribution is -2.28. The number of benzene rings is 2. The maximum Gasteiger partial charge on any atom is 0.337 e. The standard InChI is InChI=1S/C27H25ClF2N2O3/c1-15-22(24(26(33)34)35-27(2,3)4)23(17-6-8-18(28)9-7-17)19-11-12-32(25(19)31-15)14-16-5-10-20(29)21(30)13-16/h5-13,24H,14H2,1-4H3,(H,33,34). The SMILES string of the molecule is Cc1nc2c(ccn2Cc2ccc(F)c(F)c2)c(-c2ccc(Cl)cc2)c1C(OC(C)(C)C)C(=O)O. The van der Waals surface area contributed by atoms with Gasteiger partial charge in [0.1, 0.15) is 5.65 Å². The van der Waals surface area contributed by atoms with Gasteiger partial charge in [0.25, 0.3) is 0 Å². The van der Waals surface area contributed by atoms with E-state index in [2.05, 4.69) is 0 Å². The molecule has 0 fully saturated rings. The first-order chi connectivity index (χ1) is 16.4. The topological polar surface area (TPSA) is 64.4 Å². The van der Waals surface area contributed by atoms with E-state index in [4.69, 9.17) is 21.3 Å². The Morgan fingerprint density at radius 3 is 2.40 bits per heavy atom. The van der Waals surface area contributed by atoms with Crippen molar-refractivity contribution >= 4 is 28.6 Å². The molecule has 0 aliphatic rings. The molecule has 0 saturated heterocycles. The highest BCUT2D eigenvalue weighted by atomic mass is 35.5. The number of aromatic nitrogens is 2. The summed E-state index contributed by atoms with van der Waals surface area (Å²) in [5.74, 6) is -2.95. The monoisotopic (exact) mass is 498 g/mol. The molecule has 4 rings (SSSR count). The van der Waals surface area contributed by atoms with Gasteiger partial charge in [-0.3, -0.25) is 0 Å². The Labute approximate surface area is 206 Å². The maximum absolute atomic E-state index is 13.8. The molecule has 4 aromatic rings. The van der Waals surface area contributed by atoms with Crippen LogP contribution in [0.15, 0.2) is 54.7 Å². The van der Waals surface area contributed by atoms with Crippen molar-refractivity contribution in [2.24, 2.45) is 0 Å². The number of pyridine rings is 1. The molecule has 8 heteroatoms. The van der Waals surface area contributed by atoms with Crippen LogP contribution in [0.5, 0.6) is 0 Å². The lowest BCUT2D eigenvalue weighted by Gasteiger charge is -2.28. The van der Waals surface area contributed by atoms with Crippen LogP contribution in [0.25, 0.3) is 22.2 Å². The third-order valence-corrected chi connectivity index (χ3v) is 5.82. The van der Waals surface area contributed by atoms with Gasteiger partial charge in [0.15, 0.2) is 17.7 Å². The minimum Gasteiger partial charge on any atom is -0.479 e. The van der Waals surface area contributed by atoms with Crippen LogP contribution in [-0.2, 0) is 16.1 Å². The predicted octanol–water partition coefficient (Wildman–Crippen LogP) is 6.93. The molecule has 1 unspecified atom stereocenters. The van der Waals surface area contributed by atoms with Gasteiger partial charge in [0.05, 0.1) is 5.60 Å². The summed E-state index contributed by atoms with van der Waals surface area (Å²) in [6.45, 7) is 7.39. The van der Waals surface area contributed by atoms with Gasteiger partial charge >= 0.3 is 5.97 Å². The average Bonchev–Trinajstić information content (AvgIpc) is 3.16. The molecular formula is C27H25ClF2N2O3. The fourth-order valence-electron chi connectivity index (χ4n) is 4.13. The van der Waals surface area contributed by atoms with E-state index in [0.717, 1.165) is 17.7 Å². The fraction of sp³-hybridized carbons (Fsp3) is 0.259. The van der Waals surface area contributed by atoms with Gasteiger partial charge in [0, 0.05) is 40.0 Å². The summed E-state index contributed by atoms with van der Waals surface area (Å²) in [7, 11) is 0. The number of hydrogen-bond acceptors (Lipinski definition) is 3.